The van der Waals surface area contributed by atoms with E-state index in [0.717, 1.165) is 14.0 Å². The average Bonchev–Trinajstić information content (AvgIpc) is 2.36. The van der Waals surface area contributed by atoms with Crippen LogP contribution in [0.15, 0.2) is 42.5 Å². The fraction of sp³-hybridized carbons (Fsp3) is 0. The number of benzene rings is 3. The van der Waals surface area contributed by atoms with Gasteiger partial charge in [-0.1, -0.05) is 54.1 Å². The zero-order valence-corrected chi connectivity index (χ0v) is 11.2. The zero-order chi connectivity index (χ0) is 11.1. The highest BCUT2D eigenvalue weighted by atomic mass is 127. The van der Waals surface area contributed by atoms with E-state index in [0.29, 0.717) is 0 Å². The minimum atomic E-state index is 0.801. The summed E-state index contributed by atoms with van der Waals surface area (Å²) in [6, 6.07) is 17.5. The first kappa shape index (κ1) is 10.4. The van der Waals surface area contributed by atoms with Crippen molar-refractivity contribution >= 4 is 55.7 Å². The van der Waals surface area contributed by atoms with Crippen LogP contribution < -0.4 is 0 Å². The van der Waals surface area contributed by atoms with Gasteiger partial charge >= 0.3 is 0 Å². The van der Waals surface area contributed by atoms with Gasteiger partial charge < -0.3 is 0 Å². The molecule has 0 nitrogen and oxygen atoms in total. The van der Waals surface area contributed by atoms with Gasteiger partial charge in [0.25, 0.3) is 0 Å². The third kappa shape index (κ3) is 1.42. The summed E-state index contributed by atoms with van der Waals surface area (Å²) in [5.41, 5.74) is 0. The lowest BCUT2D eigenvalue weighted by molar-refractivity contribution is 1.72. The number of halogens is 2. The molecule has 0 heterocycles. The van der Waals surface area contributed by atoms with Crippen LogP contribution in [0.3, 0.4) is 0 Å². The molecule has 0 aromatic heterocycles. The van der Waals surface area contributed by atoms with Gasteiger partial charge in [0.2, 0.25) is 0 Å². The van der Waals surface area contributed by atoms with Gasteiger partial charge in [0.05, 0.1) is 5.02 Å². The van der Waals surface area contributed by atoms with Gasteiger partial charge in [-0.15, -0.1) is 0 Å². The van der Waals surface area contributed by atoms with Crippen molar-refractivity contribution in [2.75, 3.05) is 0 Å². The molecule has 0 unspecified atom stereocenters. The molecular formula is C14H7ClI. The molecule has 0 fully saturated rings. The quantitative estimate of drug-likeness (QED) is 0.398. The predicted octanol–water partition coefficient (Wildman–Crippen LogP) is 5.05. The monoisotopic (exact) mass is 337 g/mol. The maximum absolute atomic E-state index is 6.37. The summed E-state index contributed by atoms with van der Waals surface area (Å²) >= 11 is 8.67. The van der Waals surface area contributed by atoms with Gasteiger partial charge in [-0.3, -0.25) is 0 Å². The zero-order valence-electron chi connectivity index (χ0n) is 8.30. The summed E-state index contributed by atoms with van der Waals surface area (Å²) in [4.78, 5) is 0. The average molecular weight is 338 g/mol. The number of rotatable bonds is 0. The maximum Gasteiger partial charge on any atom is 0.0630 e. The van der Waals surface area contributed by atoms with Crippen LogP contribution in [-0.2, 0) is 0 Å². The summed E-state index contributed by atoms with van der Waals surface area (Å²) in [7, 11) is 0. The maximum atomic E-state index is 6.37. The van der Waals surface area contributed by atoms with E-state index in [9.17, 15) is 0 Å². The van der Waals surface area contributed by atoms with E-state index in [2.05, 4.69) is 52.9 Å². The van der Waals surface area contributed by atoms with E-state index < -0.39 is 0 Å². The van der Waals surface area contributed by atoms with Crippen molar-refractivity contribution in [2.45, 2.75) is 0 Å². The molecule has 0 saturated carbocycles. The molecule has 2 heteroatoms. The first-order chi connectivity index (χ1) is 7.79. The highest BCUT2D eigenvalue weighted by Crippen LogP contribution is 2.36. The van der Waals surface area contributed by atoms with Crippen LogP contribution in [-0.4, -0.2) is 0 Å². The number of fused-ring (bicyclic) bond motifs is 3. The molecule has 0 spiro atoms. The van der Waals surface area contributed by atoms with Gasteiger partial charge in [0.1, 0.15) is 0 Å². The van der Waals surface area contributed by atoms with E-state index in [1.54, 1.807) is 0 Å². The standard InChI is InChI=1S/C14H7ClI/c15-13-11-7-3-1-5-9(11)10-6-2-4-8-12(10)14(13)16/h1-6,8H. The largest absolute Gasteiger partial charge is 0.0825 e. The molecule has 1 radical (unpaired) electrons. The number of hydrogen-bond acceptors (Lipinski definition) is 0. The van der Waals surface area contributed by atoms with E-state index in [1.165, 1.54) is 16.2 Å². The fourth-order valence-corrected chi connectivity index (χ4v) is 2.98. The second-order valence-corrected chi connectivity index (χ2v) is 5.09. The Balaban J connectivity index is 2.69. The molecule has 0 bridgehead atoms. The Hall–Kier alpha value is -0.800. The minimum Gasteiger partial charge on any atom is -0.0825 e. The predicted molar refractivity (Wildman–Crippen MR) is 78.0 cm³/mol. The molecule has 0 aliphatic rings. The highest BCUT2D eigenvalue weighted by molar-refractivity contribution is 14.1. The second kappa shape index (κ2) is 3.90. The molecule has 0 amide bonds. The second-order valence-electron chi connectivity index (χ2n) is 3.63. The molecule has 16 heavy (non-hydrogen) atoms. The molecule has 0 atom stereocenters. The van der Waals surface area contributed by atoms with Crippen LogP contribution in [0.1, 0.15) is 0 Å². The van der Waals surface area contributed by atoms with E-state index in [1.807, 2.05) is 18.2 Å². The van der Waals surface area contributed by atoms with E-state index in [4.69, 9.17) is 11.6 Å². The van der Waals surface area contributed by atoms with E-state index >= 15 is 0 Å². The Bertz CT molecular complexity index is 628. The molecule has 3 rings (SSSR count). The molecular weight excluding hydrogens is 331 g/mol. The van der Waals surface area contributed by atoms with Crippen molar-refractivity contribution in [1.82, 2.24) is 0 Å². The highest BCUT2D eigenvalue weighted by Gasteiger charge is 2.09. The third-order valence-electron chi connectivity index (χ3n) is 2.72. The van der Waals surface area contributed by atoms with Gasteiger partial charge in [0, 0.05) is 8.96 Å². The lowest BCUT2D eigenvalue weighted by Crippen LogP contribution is -1.84. The van der Waals surface area contributed by atoms with Crippen molar-refractivity contribution in [2.24, 2.45) is 0 Å². The normalized spacial score (nSPS) is 11.1. The molecule has 0 aliphatic carbocycles. The van der Waals surface area contributed by atoms with Gasteiger partial charge in [0.15, 0.2) is 0 Å². The lowest BCUT2D eigenvalue weighted by atomic mass is 10.0. The third-order valence-corrected chi connectivity index (χ3v) is 4.54. The smallest absolute Gasteiger partial charge is 0.0630 e. The van der Waals surface area contributed by atoms with Crippen LogP contribution in [0.5, 0.6) is 0 Å². The molecule has 3 aromatic carbocycles. The van der Waals surface area contributed by atoms with Crippen molar-refractivity contribution in [3.63, 3.8) is 0 Å². The Morgan fingerprint density at radius 2 is 1.62 bits per heavy atom. The number of hydrogen-bond donors (Lipinski definition) is 0. The summed E-state index contributed by atoms with van der Waals surface area (Å²) in [5, 5.41) is 5.43. The van der Waals surface area contributed by atoms with Crippen LogP contribution in [0.25, 0.3) is 21.5 Å². The van der Waals surface area contributed by atoms with Crippen molar-refractivity contribution < 1.29 is 0 Å². The Morgan fingerprint density at radius 3 is 2.44 bits per heavy atom. The van der Waals surface area contributed by atoms with Crippen LogP contribution >= 0.6 is 34.2 Å². The molecule has 0 saturated heterocycles. The lowest BCUT2D eigenvalue weighted by Gasteiger charge is -2.08. The SMILES string of the molecule is Clc1c(I)c2ccccc2c2ccc[c]c12. The van der Waals surface area contributed by atoms with Crippen molar-refractivity contribution in [1.29, 1.82) is 0 Å². The summed E-state index contributed by atoms with van der Waals surface area (Å²) in [6.07, 6.45) is 0. The topological polar surface area (TPSA) is 0 Å². The van der Waals surface area contributed by atoms with Gasteiger partial charge in [-0.05, 0) is 44.8 Å². The van der Waals surface area contributed by atoms with Gasteiger partial charge in [-0.25, -0.2) is 0 Å². The fourth-order valence-electron chi connectivity index (χ4n) is 1.98. The van der Waals surface area contributed by atoms with Crippen LogP contribution in [0, 0.1) is 9.64 Å². The van der Waals surface area contributed by atoms with Crippen molar-refractivity contribution in [3.8, 4) is 0 Å². The van der Waals surface area contributed by atoms with Crippen LogP contribution in [0.4, 0.5) is 0 Å². The summed E-state index contributed by atoms with van der Waals surface area (Å²) in [6.45, 7) is 0. The molecule has 0 aliphatic heterocycles. The molecule has 0 N–H and O–H groups in total. The molecule has 77 valence electrons. The van der Waals surface area contributed by atoms with Crippen LogP contribution in [0.2, 0.25) is 5.02 Å². The first-order valence-corrected chi connectivity index (χ1v) is 6.41. The van der Waals surface area contributed by atoms with Gasteiger partial charge in [-0.2, -0.15) is 0 Å². The summed E-state index contributed by atoms with van der Waals surface area (Å²) < 4.78 is 1.10. The van der Waals surface area contributed by atoms with E-state index in [-0.39, 0.29) is 0 Å². The first-order valence-electron chi connectivity index (χ1n) is 4.95. The molecule has 3 aromatic rings. The Morgan fingerprint density at radius 1 is 0.938 bits per heavy atom. The minimum absolute atomic E-state index is 0.801. The Labute approximate surface area is 112 Å². The van der Waals surface area contributed by atoms with Crippen molar-refractivity contribution in [3.05, 3.63) is 57.1 Å². The summed E-state index contributed by atoms with van der Waals surface area (Å²) in [5.74, 6) is 0. The Kier molecular flexibility index (Phi) is 2.52.